The number of rotatable bonds is 7. The van der Waals surface area contributed by atoms with Gasteiger partial charge in [-0.1, -0.05) is 56.5 Å². The SMILES string of the molecule is C=C/C=C(\C=C)CCN1CCC2(CC1)CN(c1ccccc1)C(=O)C(CC)O2. The maximum absolute atomic E-state index is 12.9. The van der Waals surface area contributed by atoms with Gasteiger partial charge in [0.05, 0.1) is 12.1 Å². The summed E-state index contributed by atoms with van der Waals surface area (Å²) in [5.74, 6) is 0.0898. The number of amides is 1. The molecule has 2 fully saturated rings. The van der Waals surface area contributed by atoms with Gasteiger partial charge in [0.1, 0.15) is 6.10 Å². The first-order chi connectivity index (χ1) is 13.6. The Kier molecular flexibility index (Phi) is 6.87. The topological polar surface area (TPSA) is 32.8 Å². The zero-order valence-electron chi connectivity index (χ0n) is 17.0. The van der Waals surface area contributed by atoms with Crippen LogP contribution < -0.4 is 4.90 Å². The smallest absolute Gasteiger partial charge is 0.256 e. The fraction of sp³-hybridized carbons (Fsp3) is 0.458. The number of para-hydroxylation sites is 1. The average molecular weight is 381 g/mol. The molecule has 2 saturated heterocycles. The highest BCUT2D eigenvalue weighted by Crippen LogP contribution is 2.35. The number of anilines is 1. The molecule has 0 radical (unpaired) electrons. The van der Waals surface area contributed by atoms with Crippen molar-refractivity contribution in [3.63, 3.8) is 0 Å². The highest BCUT2D eigenvalue weighted by Gasteiger charge is 2.46. The minimum atomic E-state index is -0.344. The predicted octanol–water partition coefficient (Wildman–Crippen LogP) is 4.35. The molecule has 0 aromatic heterocycles. The number of allylic oxidation sites excluding steroid dienone is 3. The highest BCUT2D eigenvalue weighted by molar-refractivity contribution is 5.97. The molecule has 0 aliphatic carbocycles. The van der Waals surface area contributed by atoms with Gasteiger partial charge >= 0.3 is 0 Å². The van der Waals surface area contributed by atoms with E-state index < -0.39 is 0 Å². The van der Waals surface area contributed by atoms with Crippen LogP contribution in [-0.2, 0) is 9.53 Å². The standard InChI is InChI=1S/C24H32N2O2/c1-4-10-20(5-2)13-16-25-17-14-24(15-18-25)19-26(21-11-8-7-9-12-21)23(27)22(6-3)28-24/h4-5,7-12,22H,1-2,6,13-19H2,3H3/b20-10+. The quantitative estimate of drug-likeness (QED) is 0.659. The summed E-state index contributed by atoms with van der Waals surface area (Å²) in [6.07, 6.45) is 9.01. The van der Waals surface area contributed by atoms with Gasteiger partial charge in [-0.3, -0.25) is 4.79 Å². The molecule has 2 heterocycles. The lowest BCUT2D eigenvalue weighted by Gasteiger charge is -2.49. The second-order valence-electron chi connectivity index (χ2n) is 7.73. The molecule has 1 amide bonds. The summed E-state index contributed by atoms with van der Waals surface area (Å²) in [6, 6.07) is 9.99. The molecule has 0 bridgehead atoms. The second-order valence-corrected chi connectivity index (χ2v) is 7.73. The first-order valence-corrected chi connectivity index (χ1v) is 10.3. The van der Waals surface area contributed by atoms with Crippen LogP contribution in [0.25, 0.3) is 0 Å². The van der Waals surface area contributed by atoms with E-state index in [2.05, 4.69) is 18.1 Å². The Morgan fingerprint density at radius 2 is 1.96 bits per heavy atom. The Hall–Kier alpha value is -2.17. The molecule has 1 aromatic carbocycles. The molecule has 3 rings (SSSR count). The van der Waals surface area contributed by atoms with Gasteiger partial charge in [-0.15, -0.1) is 0 Å². The van der Waals surface area contributed by atoms with Crippen molar-refractivity contribution in [1.29, 1.82) is 0 Å². The molecule has 2 aliphatic heterocycles. The number of carbonyl (C=O) groups excluding carboxylic acids is 1. The largest absolute Gasteiger partial charge is 0.360 e. The summed E-state index contributed by atoms with van der Waals surface area (Å²) >= 11 is 0. The van der Waals surface area contributed by atoms with Crippen molar-refractivity contribution < 1.29 is 9.53 Å². The van der Waals surface area contributed by atoms with E-state index in [4.69, 9.17) is 4.74 Å². The van der Waals surface area contributed by atoms with E-state index in [0.29, 0.717) is 13.0 Å². The summed E-state index contributed by atoms with van der Waals surface area (Å²) < 4.78 is 6.40. The lowest BCUT2D eigenvalue weighted by atomic mass is 9.87. The van der Waals surface area contributed by atoms with E-state index in [0.717, 1.165) is 44.6 Å². The van der Waals surface area contributed by atoms with E-state index in [1.54, 1.807) is 0 Å². The molecule has 1 atom stereocenters. The van der Waals surface area contributed by atoms with E-state index in [1.165, 1.54) is 5.57 Å². The van der Waals surface area contributed by atoms with Gasteiger partial charge in [0.2, 0.25) is 0 Å². The summed E-state index contributed by atoms with van der Waals surface area (Å²) in [7, 11) is 0. The zero-order chi connectivity index (χ0) is 20.0. The van der Waals surface area contributed by atoms with Crippen molar-refractivity contribution in [1.82, 2.24) is 4.90 Å². The molecule has 1 unspecified atom stereocenters. The first-order valence-electron chi connectivity index (χ1n) is 10.3. The fourth-order valence-corrected chi connectivity index (χ4v) is 4.17. The molecule has 0 saturated carbocycles. The minimum absolute atomic E-state index is 0.0898. The average Bonchev–Trinajstić information content (AvgIpc) is 2.74. The molecular formula is C24H32N2O2. The Morgan fingerprint density at radius 1 is 1.25 bits per heavy atom. The van der Waals surface area contributed by atoms with Crippen molar-refractivity contribution in [2.24, 2.45) is 0 Å². The van der Waals surface area contributed by atoms with Crippen LogP contribution in [0.3, 0.4) is 0 Å². The van der Waals surface area contributed by atoms with Crippen molar-refractivity contribution in [2.45, 2.75) is 44.3 Å². The predicted molar refractivity (Wildman–Crippen MR) is 115 cm³/mol. The van der Waals surface area contributed by atoms with Gasteiger partial charge < -0.3 is 14.5 Å². The molecule has 0 N–H and O–H groups in total. The third-order valence-electron chi connectivity index (χ3n) is 5.90. The van der Waals surface area contributed by atoms with Gasteiger partial charge in [0.25, 0.3) is 5.91 Å². The van der Waals surface area contributed by atoms with Gasteiger partial charge in [-0.25, -0.2) is 0 Å². The summed E-state index contributed by atoms with van der Waals surface area (Å²) in [5, 5.41) is 0. The minimum Gasteiger partial charge on any atom is -0.360 e. The molecule has 150 valence electrons. The number of carbonyl (C=O) groups is 1. The molecule has 4 heteroatoms. The summed E-state index contributed by atoms with van der Waals surface area (Å²) in [5.41, 5.74) is 1.96. The number of morpholine rings is 1. The molecule has 1 spiro atoms. The summed E-state index contributed by atoms with van der Waals surface area (Å²) in [4.78, 5) is 17.3. The Balaban J connectivity index is 1.66. The molecule has 4 nitrogen and oxygen atoms in total. The summed E-state index contributed by atoms with van der Waals surface area (Å²) in [6.45, 7) is 13.3. The van der Waals surface area contributed by atoms with Gasteiger partial charge in [-0.05, 0) is 43.4 Å². The number of hydrogen-bond donors (Lipinski definition) is 0. The molecule has 28 heavy (non-hydrogen) atoms. The van der Waals surface area contributed by atoms with Gasteiger partial charge in [0.15, 0.2) is 0 Å². The zero-order valence-corrected chi connectivity index (χ0v) is 17.0. The highest BCUT2D eigenvalue weighted by atomic mass is 16.5. The van der Waals surface area contributed by atoms with Gasteiger partial charge in [0, 0.05) is 25.3 Å². The number of hydrogen-bond acceptors (Lipinski definition) is 3. The number of ether oxygens (including phenoxy) is 1. The number of likely N-dealkylation sites (tertiary alicyclic amines) is 1. The maximum Gasteiger partial charge on any atom is 0.256 e. The number of benzene rings is 1. The van der Waals surface area contributed by atoms with Gasteiger partial charge in [-0.2, -0.15) is 0 Å². The Morgan fingerprint density at radius 3 is 2.57 bits per heavy atom. The van der Waals surface area contributed by atoms with E-state index in [-0.39, 0.29) is 17.6 Å². The maximum atomic E-state index is 12.9. The van der Waals surface area contributed by atoms with E-state index in [9.17, 15) is 4.79 Å². The van der Waals surface area contributed by atoms with Crippen LogP contribution in [0, 0.1) is 0 Å². The van der Waals surface area contributed by atoms with Crippen LogP contribution in [0.2, 0.25) is 0 Å². The van der Waals surface area contributed by atoms with Crippen LogP contribution in [0.4, 0.5) is 5.69 Å². The molecule has 1 aromatic rings. The van der Waals surface area contributed by atoms with Crippen LogP contribution in [-0.4, -0.2) is 48.7 Å². The van der Waals surface area contributed by atoms with Crippen molar-refractivity contribution >= 4 is 11.6 Å². The van der Waals surface area contributed by atoms with E-state index >= 15 is 0 Å². The Labute approximate surface area is 169 Å². The van der Waals surface area contributed by atoms with Crippen molar-refractivity contribution in [2.75, 3.05) is 31.1 Å². The Bertz CT molecular complexity index is 717. The molecular weight excluding hydrogens is 348 g/mol. The first kappa shape index (κ1) is 20.6. The third kappa shape index (κ3) is 4.62. The second kappa shape index (κ2) is 9.35. The normalized spacial score (nSPS) is 23.0. The molecule has 2 aliphatic rings. The lowest BCUT2D eigenvalue weighted by Crippen LogP contribution is -2.62. The van der Waals surface area contributed by atoms with E-state index in [1.807, 2.05) is 60.4 Å². The monoisotopic (exact) mass is 380 g/mol. The van der Waals surface area contributed by atoms with Crippen molar-refractivity contribution in [3.8, 4) is 0 Å². The van der Waals surface area contributed by atoms with Crippen LogP contribution >= 0.6 is 0 Å². The fourth-order valence-electron chi connectivity index (χ4n) is 4.17. The number of nitrogens with zero attached hydrogens (tertiary/aromatic N) is 2. The van der Waals surface area contributed by atoms with Crippen molar-refractivity contribution in [3.05, 3.63) is 67.3 Å². The lowest BCUT2D eigenvalue weighted by molar-refractivity contribution is -0.164. The van der Waals surface area contributed by atoms with Crippen LogP contribution in [0.1, 0.15) is 32.6 Å². The van der Waals surface area contributed by atoms with Crippen LogP contribution in [0.5, 0.6) is 0 Å². The van der Waals surface area contributed by atoms with Crippen LogP contribution in [0.15, 0.2) is 67.3 Å². The number of piperidine rings is 1. The third-order valence-corrected chi connectivity index (χ3v) is 5.90.